The van der Waals surface area contributed by atoms with Gasteiger partial charge < -0.3 is 9.84 Å². The Bertz CT molecular complexity index is 996. The van der Waals surface area contributed by atoms with Gasteiger partial charge in [-0.3, -0.25) is 9.89 Å². The van der Waals surface area contributed by atoms with Crippen molar-refractivity contribution in [3.8, 4) is 22.8 Å². The van der Waals surface area contributed by atoms with E-state index in [2.05, 4.69) is 20.7 Å². The van der Waals surface area contributed by atoms with Crippen molar-refractivity contribution in [2.75, 3.05) is 7.11 Å². The highest BCUT2D eigenvalue weighted by molar-refractivity contribution is 6.30. The third kappa shape index (κ3) is 4.27. The fourth-order valence-corrected chi connectivity index (χ4v) is 2.49. The molecule has 0 aliphatic rings. The van der Waals surface area contributed by atoms with Gasteiger partial charge in [-0.25, -0.2) is 5.43 Å². The lowest BCUT2D eigenvalue weighted by Crippen LogP contribution is -2.19. The Balaban J connectivity index is 1.72. The van der Waals surface area contributed by atoms with E-state index in [0.717, 1.165) is 5.56 Å². The number of hydrogen-bond acceptors (Lipinski definition) is 5. The Morgan fingerprint density at radius 2 is 1.96 bits per heavy atom. The molecule has 8 heteroatoms. The molecule has 0 unspecified atom stereocenters. The first-order valence-corrected chi connectivity index (χ1v) is 8.39. The zero-order chi connectivity index (χ0) is 19.4. The van der Waals surface area contributed by atoms with Crippen LogP contribution in [0.4, 0.5) is 0 Å². The minimum Gasteiger partial charge on any atom is -0.504 e. The fraction of sp³-hybridized carbons (Fsp3) is 0.105. The number of H-pyrrole nitrogens is 1. The molecule has 0 saturated carbocycles. The van der Waals surface area contributed by atoms with Crippen LogP contribution in [0.15, 0.2) is 53.6 Å². The van der Waals surface area contributed by atoms with Gasteiger partial charge in [0.25, 0.3) is 5.91 Å². The summed E-state index contributed by atoms with van der Waals surface area (Å²) in [5, 5.41) is 21.2. The van der Waals surface area contributed by atoms with Crippen LogP contribution in [0.5, 0.6) is 11.5 Å². The highest BCUT2D eigenvalue weighted by Crippen LogP contribution is 2.26. The standard InChI is InChI=1S/C19H17ClN4O3/c1-11(13-5-8-17(25)18(9-13)27-2)21-24-19(26)16-10-15(22-23-16)12-3-6-14(20)7-4-12/h3-10,25H,1-2H3,(H,22,23)(H,24,26). The number of hydrogen-bond donors (Lipinski definition) is 3. The summed E-state index contributed by atoms with van der Waals surface area (Å²) in [6, 6.07) is 13.6. The normalized spacial score (nSPS) is 11.3. The Labute approximate surface area is 160 Å². The molecule has 138 valence electrons. The minimum atomic E-state index is -0.423. The second kappa shape index (κ2) is 7.92. The quantitative estimate of drug-likeness (QED) is 0.462. The number of nitrogens with zero attached hydrogens (tertiary/aromatic N) is 2. The van der Waals surface area contributed by atoms with Crippen LogP contribution in [-0.4, -0.2) is 34.0 Å². The minimum absolute atomic E-state index is 0.0327. The number of methoxy groups -OCH3 is 1. The maximum atomic E-state index is 12.3. The third-order valence-electron chi connectivity index (χ3n) is 3.89. The summed E-state index contributed by atoms with van der Waals surface area (Å²) in [5.41, 5.74) is 5.48. The Morgan fingerprint density at radius 1 is 1.22 bits per heavy atom. The number of amides is 1. The van der Waals surface area contributed by atoms with Crippen LogP contribution < -0.4 is 10.2 Å². The van der Waals surface area contributed by atoms with E-state index < -0.39 is 5.91 Å². The van der Waals surface area contributed by atoms with Crippen LogP contribution in [0.25, 0.3) is 11.3 Å². The number of carbonyl (C=O) groups excluding carboxylic acids is 1. The SMILES string of the molecule is COc1cc(C(C)=NNC(=O)c2cc(-c3ccc(Cl)cc3)n[nH]2)ccc1O. The van der Waals surface area contributed by atoms with Crippen molar-refractivity contribution in [2.24, 2.45) is 5.10 Å². The van der Waals surface area contributed by atoms with Crippen LogP contribution >= 0.6 is 11.6 Å². The molecular weight excluding hydrogens is 368 g/mol. The van der Waals surface area contributed by atoms with E-state index in [1.807, 2.05) is 12.1 Å². The monoisotopic (exact) mass is 384 g/mol. The average Bonchev–Trinajstić information content (AvgIpc) is 3.17. The molecule has 7 nitrogen and oxygen atoms in total. The van der Waals surface area contributed by atoms with Crippen molar-refractivity contribution in [1.82, 2.24) is 15.6 Å². The molecule has 3 rings (SSSR count). The third-order valence-corrected chi connectivity index (χ3v) is 4.14. The largest absolute Gasteiger partial charge is 0.504 e. The molecule has 1 aromatic heterocycles. The number of rotatable bonds is 5. The van der Waals surface area contributed by atoms with Crippen LogP contribution in [0, 0.1) is 0 Å². The van der Waals surface area contributed by atoms with Gasteiger partial charge in [0.2, 0.25) is 0 Å². The van der Waals surface area contributed by atoms with Crippen LogP contribution in [0.3, 0.4) is 0 Å². The van der Waals surface area contributed by atoms with Gasteiger partial charge >= 0.3 is 0 Å². The summed E-state index contributed by atoms with van der Waals surface area (Å²) < 4.78 is 5.07. The Kier molecular flexibility index (Phi) is 5.42. The number of benzene rings is 2. The van der Waals surface area contributed by atoms with Gasteiger partial charge in [0, 0.05) is 16.1 Å². The van der Waals surface area contributed by atoms with Crippen LogP contribution in [0.1, 0.15) is 23.0 Å². The average molecular weight is 385 g/mol. The van der Waals surface area contributed by atoms with Crippen LogP contribution in [0.2, 0.25) is 5.02 Å². The van der Waals surface area contributed by atoms with Gasteiger partial charge in [0.05, 0.1) is 18.5 Å². The van der Waals surface area contributed by atoms with Gasteiger partial charge in [-0.2, -0.15) is 10.2 Å². The number of ether oxygens (including phenoxy) is 1. The zero-order valence-corrected chi connectivity index (χ0v) is 15.4. The number of phenols is 1. The molecule has 27 heavy (non-hydrogen) atoms. The summed E-state index contributed by atoms with van der Waals surface area (Å²) >= 11 is 5.88. The van der Waals surface area contributed by atoms with E-state index in [1.54, 1.807) is 37.3 Å². The molecule has 3 N–H and O–H groups in total. The number of halogens is 1. The van der Waals surface area contributed by atoms with E-state index in [1.165, 1.54) is 13.2 Å². The zero-order valence-electron chi connectivity index (χ0n) is 14.7. The maximum absolute atomic E-state index is 12.3. The van der Waals surface area contributed by atoms with Gasteiger partial charge in [-0.1, -0.05) is 23.7 Å². The second-order valence-corrected chi connectivity index (χ2v) is 6.13. The molecule has 1 amide bonds. The van der Waals surface area contributed by atoms with Gasteiger partial charge in [0.1, 0.15) is 5.69 Å². The highest BCUT2D eigenvalue weighted by Gasteiger charge is 2.11. The van der Waals surface area contributed by atoms with Crippen molar-refractivity contribution in [1.29, 1.82) is 0 Å². The summed E-state index contributed by atoms with van der Waals surface area (Å²) in [5.74, 6) is -0.0624. The molecular formula is C19H17ClN4O3. The number of nitrogens with one attached hydrogen (secondary N) is 2. The molecule has 0 aliphatic carbocycles. The number of phenolic OH excluding ortho intramolecular Hbond substituents is 1. The van der Waals surface area contributed by atoms with E-state index in [9.17, 15) is 9.90 Å². The fourth-order valence-electron chi connectivity index (χ4n) is 2.37. The maximum Gasteiger partial charge on any atom is 0.289 e. The molecule has 3 aromatic rings. The number of aromatic hydroxyl groups is 1. The molecule has 0 saturated heterocycles. The second-order valence-electron chi connectivity index (χ2n) is 5.70. The predicted molar refractivity (Wildman–Crippen MR) is 103 cm³/mol. The van der Waals surface area contributed by atoms with E-state index >= 15 is 0 Å². The number of carbonyl (C=O) groups is 1. The first-order valence-electron chi connectivity index (χ1n) is 8.01. The summed E-state index contributed by atoms with van der Waals surface area (Å²) in [6.07, 6.45) is 0. The summed E-state index contributed by atoms with van der Waals surface area (Å²) in [4.78, 5) is 12.3. The van der Waals surface area contributed by atoms with Crippen molar-refractivity contribution in [3.05, 3.63) is 64.8 Å². The van der Waals surface area contributed by atoms with Crippen LogP contribution in [-0.2, 0) is 0 Å². The number of hydrazone groups is 1. The van der Waals surface area contributed by atoms with Crippen molar-refractivity contribution >= 4 is 23.2 Å². The first-order chi connectivity index (χ1) is 13.0. The van der Waals surface area contributed by atoms with Gasteiger partial charge in [-0.15, -0.1) is 0 Å². The Hall–Kier alpha value is -3.32. The van der Waals surface area contributed by atoms with E-state index in [-0.39, 0.29) is 11.4 Å². The van der Waals surface area contributed by atoms with Crippen molar-refractivity contribution in [2.45, 2.75) is 6.92 Å². The molecule has 1 heterocycles. The van der Waals surface area contributed by atoms with Gasteiger partial charge in [-0.05, 0) is 43.3 Å². The molecule has 0 radical (unpaired) electrons. The molecule has 0 spiro atoms. The topological polar surface area (TPSA) is 99.6 Å². The van der Waals surface area contributed by atoms with E-state index in [0.29, 0.717) is 27.7 Å². The molecule has 0 aliphatic heterocycles. The molecule has 0 fully saturated rings. The Morgan fingerprint density at radius 3 is 2.67 bits per heavy atom. The number of aromatic amines is 1. The van der Waals surface area contributed by atoms with Gasteiger partial charge in [0.15, 0.2) is 11.5 Å². The first kappa shape index (κ1) is 18.5. The molecule has 0 bridgehead atoms. The smallest absolute Gasteiger partial charge is 0.289 e. The van der Waals surface area contributed by atoms with E-state index in [4.69, 9.17) is 16.3 Å². The van der Waals surface area contributed by atoms with Crippen molar-refractivity contribution < 1.29 is 14.6 Å². The lowest BCUT2D eigenvalue weighted by molar-refractivity contribution is 0.0950. The molecule has 2 aromatic carbocycles. The van der Waals surface area contributed by atoms with Crippen molar-refractivity contribution in [3.63, 3.8) is 0 Å². The predicted octanol–water partition coefficient (Wildman–Crippen LogP) is 3.60. The molecule has 0 atom stereocenters. The lowest BCUT2D eigenvalue weighted by Gasteiger charge is -2.06. The lowest BCUT2D eigenvalue weighted by atomic mass is 10.1. The number of aromatic nitrogens is 2. The summed E-state index contributed by atoms with van der Waals surface area (Å²) in [6.45, 7) is 1.73. The highest BCUT2D eigenvalue weighted by atomic mass is 35.5. The summed E-state index contributed by atoms with van der Waals surface area (Å²) in [7, 11) is 1.46.